The van der Waals surface area contributed by atoms with E-state index in [2.05, 4.69) is 12.2 Å². The van der Waals surface area contributed by atoms with Crippen molar-refractivity contribution in [2.24, 2.45) is 5.92 Å². The summed E-state index contributed by atoms with van der Waals surface area (Å²) in [5.41, 5.74) is 1.02. The summed E-state index contributed by atoms with van der Waals surface area (Å²) < 4.78 is 5.21. The quantitative estimate of drug-likeness (QED) is 0.882. The Morgan fingerprint density at radius 2 is 1.75 bits per heavy atom. The normalized spacial score (nSPS) is 21.4. The van der Waals surface area contributed by atoms with Crippen molar-refractivity contribution in [3.05, 3.63) is 35.9 Å². The molecule has 0 bridgehead atoms. The number of benzene rings is 1. The summed E-state index contributed by atoms with van der Waals surface area (Å²) in [4.78, 5) is 11.6. The zero-order chi connectivity index (χ0) is 14.8. The van der Waals surface area contributed by atoms with E-state index in [-0.39, 0.29) is 6.09 Å². The molecule has 1 amide bonds. The summed E-state index contributed by atoms with van der Waals surface area (Å²) in [6.07, 6.45) is 4.25. The van der Waals surface area contributed by atoms with Gasteiger partial charge in [-0.3, -0.25) is 0 Å². The lowest BCUT2D eigenvalue weighted by Gasteiger charge is -2.26. The van der Waals surface area contributed by atoms with Crippen molar-refractivity contribution in [1.82, 2.24) is 5.32 Å². The average molecular weight is 277 g/mol. The molecule has 1 aliphatic carbocycles. The number of amides is 1. The van der Waals surface area contributed by atoms with Gasteiger partial charge >= 0.3 is 6.09 Å². The largest absolute Gasteiger partial charge is 0.445 e. The van der Waals surface area contributed by atoms with Gasteiger partial charge in [0.15, 0.2) is 0 Å². The minimum absolute atomic E-state index is 0.293. The maximum Gasteiger partial charge on any atom is 0.407 e. The first-order valence-corrected chi connectivity index (χ1v) is 7.71. The lowest BCUT2D eigenvalue weighted by atomic mass is 9.87. The third-order valence-electron chi connectivity index (χ3n) is 3.55. The molecule has 1 saturated carbocycles. The molecule has 0 unspecified atom stereocenters. The topological polar surface area (TPSA) is 38.3 Å². The van der Waals surface area contributed by atoms with Gasteiger partial charge in [0.1, 0.15) is 6.61 Å². The highest BCUT2D eigenvalue weighted by Crippen LogP contribution is 2.23. The number of nitrogens with one attached hydrogen (secondary N) is 1. The van der Waals surface area contributed by atoms with E-state index >= 15 is 0 Å². The zero-order valence-corrected chi connectivity index (χ0v) is 12.9. The predicted octanol–water partition coefficient (Wildman–Crippen LogP) is 4.52. The fourth-order valence-corrected chi connectivity index (χ4v) is 2.34. The van der Waals surface area contributed by atoms with E-state index in [0.29, 0.717) is 12.6 Å². The molecule has 0 heterocycles. The van der Waals surface area contributed by atoms with Gasteiger partial charge in [-0.1, -0.05) is 51.1 Å². The smallest absolute Gasteiger partial charge is 0.407 e. The first kappa shape index (κ1) is 16.5. The maximum absolute atomic E-state index is 11.6. The van der Waals surface area contributed by atoms with Crippen molar-refractivity contribution in [3.63, 3.8) is 0 Å². The van der Waals surface area contributed by atoms with Crippen molar-refractivity contribution in [2.45, 2.75) is 59.1 Å². The Labute approximate surface area is 122 Å². The number of hydrogen-bond donors (Lipinski definition) is 1. The van der Waals surface area contributed by atoms with Gasteiger partial charge in [0.05, 0.1) is 0 Å². The molecule has 0 aliphatic heterocycles. The van der Waals surface area contributed by atoms with Crippen LogP contribution in [0.2, 0.25) is 0 Å². The SMILES string of the molecule is CC.CC1CCC(NC(=O)OCc2ccccc2)CC1. The molecular weight excluding hydrogens is 250 g/mol. The van der Waals surface area contributed by atoms with E-state index in [9.17, 15) is 4.79 Å². The van der Waals surface area contributed by atoms with Crippen LogP contribution in [-0.2, 0) is 11.3 Å². The molecule has 1 N–H and O–H groups in total. The first-order chi connectivity index (χ1) is 9.74. The van der Waals surface area contributed by atoms with Crippen molar-refractivity contribution in [2.75, 3.05) is 0 Å². The Balaban J connectivity index is 0.000000956. The molecule has 0 spiro atoms. The molecule has 20 heavy (non-hydrogen) atoms. The monoisotopic (exact) mass is 277 g/mol. The second kappa shape index (κ2) is 9.40. The Morgan fingerprint density at radius 3 is 2.35 bits per heavy atom. The summed E-state index contributed by atoms with van der Waals surface area (Å²) in [6.45, 7) is 6.61. The molecule has 2 rings (SSSR count). The summed E-state index contributed by atoms with van der Waals surface area (Å²) in [6, 6.07) is 10.0. The van der Waals surface area contributed by atoms with Gasteiger partial charge in [-0.05, 0) is 37.2 Å². The number of ether oxygens (including phenoxy) is 1. The molecule has 1 aliphatic rings. The molecular formula is C17H27NO2. The second-order valence-electron chi connectivity index (χ2n) is 5.16. The third-order valence-corrected chi connectivity index (χ3v) is 3.55. The predicted molar refractivity (Wildman–Crippen MR) is 82.5 cm³/mol. The van der Waals surface area contributed by atoms with Crippen LogP contribution in [-0.4, -0.2) is 12.1 Å². The van der Waals surface area contributed by atoms with Crippen molar-refractivity contribution < 1.29 is 9.53 Å². The van der Waals surface area contributed by atoms with E-state index in [1.165, 1.54) is 12.8 Å². The van der Waals surface area contributed by atoms with Crippen LogP contribution in [0.5, 0.6) is 0 Å². The van der Waals surface area contributed by atoms with Crippen molar-refractivity contribution >= 4 is 6.09 Å². The Bertz CT molecular complexity index is 370. The third kappa shape index (κ3) is 6.09. The molecule has 0 aromatic heterocycles. The van der Waals surface area contributed by atoms with Gasteiger partial charge in [-0.2, -0.15) is 0 Å². The number of alkyl carbamates (subject to hydrolysis) is 1. The highest BCUT2D eigenvalue weighted by molar-refractivity contribution is 5.67. The molecule has 0 atom stereocenters. The molecule has 1 aromatic carbocycles. The number of carbonyl (C=O) groups is 1. The summed E-state index contributed by atoms with van der Waals surface area (Å²) in [7, 11) is 0. The average Bonchev–Trinajstić information content (AvgIpc) is 2.51. The van der Waals surface area contributed by atoms with Gasteiger partial charge < -0.3 is 10.1 Å². The summed E-state index contributed by atoms with van der Waals surface area (Å²) >= 11 is 0. The molecule has 112 valence electrons. The molecule has 3 heteroatoms. The van der Waals surface area contributed by atoms with Gasteiger partial charge in [0, 0.05) is 6.04 Å². The van der Waals surface area contributed by atoms with Crippen LogP contribution >= 0.6 is 0 Å². The van der Waals surface area contributed by atoms with E-state index in [4.69, 9.17) is 4.74 Å². The highest BCUT2D eigenvalue weighted by atomic mass is 16.5. The van der Waals surface area contributed by atoms with E-state index in [0.717, 1.165) is 24.3 Å². The summed E-state index contributed by atoms with van der Waals surface area (Å²) in [5, 5.41) is 2.95. The Hall–Kier alpha value is -1.51. The highest BCUT2D eigenvalue weighted by Gasteiger charge is 2.20. The van der Waals surface area contributed by atoms with Crippen LogP contribution in [0.3, 0.4) is 0 Å². The number of rotatable bonds is 3. The lowest BCUT2D eigenvalue weighted by Crippen LogP contribution is -2.37. The first-order valence-electron chi connectivity index (χ1n) is 7.71. The molecule has 0 radical (unpaired) electrons. The maximum atomic E-state index is 11.6. The van der Waals surface area contributed by atoms with Crippen LogP contribution in [0, 0.1) is 5.92 Å². The number of carbonyl (C=O) groups excluding carboxylic acids is 1. The molecule has 1 fully saturated rings. The molecule has 1 aromatic rings. The minimum atomic E-state index is -0.293. The standard InChI is InChI=1S/C15H21NO2.C2H6/c1-12-7-9-14(10-8-12)16-15(17)18-11-13-5-3-2-4-6-13;1-2/h2-6,12,14H,7-11H2,1H3,(H,16,17);1-2H3. The van der Waals surface area contributed by atoms with Gasteiger partial charge in [0.25, 0.3) is 0 Å². The van der Waals surface area contributed by atoms with E-state index in [1.807, 2.05) is 44.2 Å². The number of hydrogen-bond acceptors (Lipinski definition) is 2. The van der Waals surface area contributed by atoms with Crippen LogP contribution < -0.4 is 5.32 Å². The summed E-state index contributed by atoms with van der Waals surface area (Å²) in [5.74, 6) is 0.795. The van der Waals surface area contributed by atoms with E-state index < -0.39 is 0 Å². The van der Waals surface area contributed by atoms with Gasteiger partial charge in [-0.15, -0.1) is 0 Å². The fourth-order valence-electron chi connectivity index (χ4n) is 2.34. The van der Waals surface area contributed by atoms with Crippen molar-refractivity contribution in [3.8, 4) is 0 Å². The molecule has 0 saturated heterocycles. The lowest BCUT2D eigenvalue weighted by molar-refractivity contribution is 0.131. The van der Waals surface area contributed by atoms with Crippen LogP contribution in [0.4, 0.5) is 4.79 Å². The van der Waals surface area contributed by atoms with E-state index in [1.54, 1.807) is 0 Å². The Morgan fingerprint density at radius 1 is 1.15 bits per heavy atom. The van der Waals surface area contributed by atoms with Gasteiger partial charge in [-0.25, -0.2) is 4.79 Å². The molecule has 3 nitrogen and oxygen atoms in total. The van der Waals surface area contributed by atoms with Crippen molar-refractivity contribution in [1.29, 1.82) is 0 Å². The zero-order valence-electron chi connectivity index (χ0n) is 12.9. The van der Waals surface area contributed by atoms with Crippen LogP contribution in [0.25, 0.3) is 0 Å². The van der Waals surface area contributed by atoms with Crippen LogP contribution in [0.15, 0.2) is 30.3 Å². The second-order valence-corrected chi connectivity index (χ2v) is 5.16. The minimum Gasteiger partial charge on any atom is -0.445 e. The fraction of sp³-hybridized carbons (Fsp3) is 0.588. The van der Waals surface area contributed by atoms with Gasteiger partial charge in [0.2, 0.25) is 0 Å². The Kier molecular flexibility index (Phi) is 7.78. The van der Waals surface area contributed by atoms with Crippen LogP contribution in [0.1, 0.15) is 52.0 Å².